The lowest BCUT2D eigenvalue weighted by Crippen LogP contribution is -1.89. The van der Waals surface area contributed by atoms with Crippen LogP contribution >= 0.6 is 0 Å². The van der Waals surface area contributed by atoms with Gasteiger partial charge in [-0.25, -0.2) is 15.0 Å². The van der Waals surface area contributed by atoms with E-state index < -0.39 is 0 Å². The van der Waals surface area contributed by atoms with E-state index in [1.54, 1.807) is 19.6 Å². The molecule has 0 saturated heterocycles. The first-order valence-electron chi connectivity index (χ1n) is 5.17. The summed E-state index contributed by atoms with van der Waals surface area (Å²) in [6.45, 7) is 0. The number of benzene rings is 1. The highest BCUT2D eigenvalue weighted by atomic mass is 16.5. The van der Waals surface area contributed by atoms with E-state index >= 15 is 0 Å². The maximum Gasteiger partial charge on any atom is 0.181 e. The topological polar surface area (TPSA) is 63.7 Å². The maximum atomic E-state index is 5.10. The highest BCUT2D eigenvalue weighted by molar-refractivity contribution is 5.71. The lowest BCUT2D eigenvalue weighted by molar-refractivity contribution is 0.415. The zero-order valence-corrected chi connectivity index (χ0v) is 9.21. The Morgan fingerprint density at radius 1 is 1.12 bits per heavy atom. The van der Waals surface area contributed by atoms with Gasteiger partial charge >= 0.3 is 0 Å². The molecule has 3 aromatic rings. The van der Waals surface area contributed by atoms with Crippen LogP contribution < -0.4 is 4.74 Å². The van der Waals surface area contributed by atoms with Gasteiger partial charge in [0.05, 0.1) is 19.6 Å². The molecule has 0 aliphatic heterocycles. The predicted octanol–water partition coefficient (Wildman–Crippen LogP) is 2.03. The summed E-state index contributed by atoms with van der Waals surface area (Å²) in [4.78, 5) is 15.7. The zero-order chi connectivity index (χ0) is 11.7. The third kappa shape index (κ3) is 1.71. The molecule has 0 aliphatic carbocycles. The minimum Gasteiger partial charge on any atom is -0.497 e. The number of aromatic amines is 1. The molecule has 5 heteroatoms. The van der Waals surface area contributed by atoms with Crippen LogP contribution in [0.5, 0.6) is 5.75 Å². The van der Waals surface area contributed by atoms with Crippen molar-refractivity contribution >= 4 is 11.2 Å². The number of nitrogens with zero attached hydrogens (tertiary/aromatic N) is 3. The number of ether oxygens (including phenoxy) is 1. The number of H-pyrrole nitrogens is 1. The highest BCUT2D eigenvalue weighted by Gasteiger charge is 2.04. The molecule has 0 unspecified atom stereocenters. The second kappa shape index (κ2) is 3.86. The smallest absolute Gasteiger partial charge is 0.181 e. The molecule has 2 aromatic heterocycles. The minimum absolute atomic E-state index is 0.659. The molecule has 0 spiro atoms. The Kier molecular flexibility index (Phi) is 2.22. The van der Waals surface area contributed by atoms with Gasteiger partial charge in [0.2, 0.25) is 0 Å². The van der Waals surface area contributed by atoms with Gasteiger partial charge < -0.3 is 9.72 Å². The van der Waals surface area contributed by atoms with E-state index in [2.05, 4.69) is 19.9 Å². The van der Waals surface area contributed by atoms with Crippen molar-refractivity contribution in [3.8, 4) is 17.1 Å². The standard InChI is InChI=1S/C12H10N4O/c1-17-9-4-2-8(3-5-9)11-13-6-10-12(16-11)15-7-14-10/h2-7H,1H3,(H,13,14,15,16). The van der Waals surface area contributed by atoms with Crippen molar-refractivity contribution in [2.45, 2.75) is 0 Å². The number of hydrogen-bond acceptors (Lipinski definition) is 4. The van der Waals surface area contributed by atoms with E-state index in [9.17, 15) is 0 Å². The number of aromatic nitrogens is 4. The van der Waals surface area contributed by atoms with Crippen LogP contribution in [0.1, 0.15) is 0 Å². The Balaban J connectivity index is 2.06. The quantitative estimate of drug-likeness (QED) is 0.726. The molecule has 5 nitrogen and oxygen atoms in total. The van der Waals surface area contributed by atoms with Gasteiger partial charge in [-0.15, -0.1) is 0 Å². The van der Waals surface area contributed by atoms with Crippen molar-refractivity contribution in [3.63, 3.8) is 0 Å². The van der Waals surface area contributed by atoms with E-state index in [-0.39, 0.29) is 0 Å². The largest absolute Gasteiger partial charge is 0.497 e. The molecule has 0 aliphatic rings. The zero-order valence-electron chi connectivity index (χ0n) is 9.21. The van der Waals surface area contributed by atoms with E-state index in [4.69, 9.17) is 4.74 Å². The minimum atomic E-state index is 0.659. The van der Waals surface area contributed by atoms with Gasteiger partial charge in [-0.2, -0.15) is 0 Å². The fourth-order valence-electron chi connectivity index (χ4n) is 1.62. The van der Waals surface area contributed by atoms with Gasteiger partial charge in [-0.3, -0.25) is 0 Å². The average Bonchev–Trinajstić information content (AvgIpc) is 2.86. The van der Waals surface area contributed by atoms with Crippen molar-refractivity contribution in [2.24, 2.45) is 0 Å². The van der Waals surface area contributed by atoms with E-state index in [0.29, 0.717) is 11.5 Å². The molecular weight excluding hydrogens is 216 g/mol. The Labute approximate surface area is 97.5 Å². The first kappa shape index (κ1) is 9.77. The summed E-state index contributed by atoms with van der Waals surface area (Å²) in [5.41, 5.74) is 2.45. The molecule has 3 rings (SSSR count). The highest BCUT2D eigenvalue weighted by Crippen LogP contribution is 2.19. The van der Waals surface area contributed by atoms with Crippen molar-refractivity contribution < 1.29 is 4.74 Å². The number of hydrogen-bond donors (Lipinski definition) is 1. The van der Waals surface area contributed by atoms with Crippen molar-refractivity contribution in [2.75, 3.05) is 7.11 Å². The van der Waals surface area contributed by atoms with E-state index in [1.165, 1.54) is 0 Å². The molecule has 2 heterocycles. The first-order chi connectivity index (χ1) is 8.36. The molecular formula is C12H10N4O. The number of fused-ring (bicyclic) bond motifs is 1. The molecule has 1 N–H and O–H groups in total. The molecule has 0 atom stereocenters. The Morgan fingerprint density at radius 3 is 2.71 bits per heavy atom. The van der Waals surface area contributed by atoms with Crippen LogP contribution in [0.25, 0.3) is 22.6 Å². The van der Waals surface area contributed by atoms with Gasteiger partial charge in [0.25, 0.3) is 0 Å². The second-order valence-corrected chi connectivity index (χ2v) is 3.56. The van der Waals surface area contributed by atoms with Crippen LogP contribution in [-0.4, -0.2) is 27.0 Å². The maximum absolute atomic E-state index is 5.10. The van der Waals surface area contributed by atoms with Gasteiger partial charge in [0.15, 0.2) is 11.5 Å². The molecule has 17 heavy (non-hydrogen) atoms. The van der Waals surface area contributed by atoms with Gasteiger partial charge in [-0.05, 0) is 24.3 Å². The Morgan fingerprint density at radius 2 is 1.94 bits per heavy atom. The molecule has 0 fully saturated rings. The van der Waals surface area contributed by atoms with Crippen LogP contribution in [0.15, 0.2) is 36.8 Å². The van der Waals surface area contributed by atoms with Gasteiger partial charge in [0.1, 0.15) is 11.3 Å². The predicted molar refractivity (Wildman–Crippen MR) is 63.7 cm³/mol. The summed E-state index contributed by atoms with van der Waals surface area (Å²) in [5.74, 6) is 1.47. The first-order valence-corrected chi connectivity index (χ1v) is 5.17. The molecule has 0 saturated carbocycles. The number of nitrogens with one attached hydrogen (secondary N) is 1. The normalized spacial score (nSPS) is 10.6. The van der Waals surface area contributed by atoms with Crippen LogP contribution in [0.4, 0.5) is 0 Å². The molecule has 84 valence electrons. The van der Waals surface area contributed by atoms with Crippen LogP contribution in [-0.2, 0) is 0 Å². The Hall–Kier alpha value is -2.43. The van der Waals surface area contributed by atoms with Crippen LogP contribution in [0.3, 0.4) is 0 Å². The monoisotopic (exact) mass is 226 g/mol. The third-order valence-corrected chi connectivity index (χ3v) is 2.52. The Bertz CT molecular complexity index is 645. The summed E-state index contributed by atoms with van der Waals surface area (Å²) < 4.78 is 5.10. The van der Waals surface area contributed by atoms with Crippen LogP contribution in [0, 0.1) is 0 Å². The second-order valence-electron chi connectivity index (χ2n) is 3.56. The summed E-state index contributed by atoms with van der Waals surface area (Å²) >= 11 is 0. The summed E-state index contributed by atoms with van der Waals surface area (Å²) in [5, 5.41) is 0. The van der Waals surface area contributed by atoms with Gasteiger partial charge in [-0.1, -0.05) is 0 Å². The van der Waals surface area contributed by atoms with E-state index in [1.807, 2.05) is 24.3 Å². The third-order valence-electron chi connectivity index (χ3n) is 2.52. The SMILES string of the molecule is COc1ccc(-c2ncc3[nH]cnc3n2)cc1. The average molecular weight is 226 g/mol. The number of imidazole rings is 1. The lowest BCUT2D eigenvalue weighted by Gasteiger charge is -2.01. The number of methoxy groups -OCH3 is 1. The van der Waals surface area contributed by atoms with Crippen LogP contribution in [0.2, 0.25) is 0 Å². The number of rotatable bonds is 2. The molecule has 1 aromatic carbocycles. The molecule has 0 radical (unpaired) electrons. The van der Waals surface area contributed by atoms with E-state index in [0.717, 1.165) is 16.8 Å². The lowest BCUT2D eigenvalue weighted by atomic mass is 10.2. The van der Waals surface area contributed by atoms with Crippen molar-refractivity contribution in [3.05, 3.63) is 36.8 Å². The molecule has 0 bridgehead atoms. The fourth-order valence-corrected chi connectivity index (χ4v) is 1.62. The van der Waals surface area contributed by atoms with Crippen molar-refractivity contribution in [1.29, 1.82) is 0 Å². The summed E-state index contributed by atoms with van der Waals surface area (Å²) in [7, 11) is 1.64. The summed E-state index contributed by atoms with van der Waals surface area (Å²) in [6.07, 6.45) is 3.34. The summed E-state index contributed by atoms with van der Waals surface area (Å²) in [6, 6.07) is 7.61. The molecule has 0 amide bonds. The van der Waals surface area contributed by atoms with Crippen molar-refractivity contribution in [1.82, 2.24) is 19.9 Å². The van der Waals surface area contributed by atoms with Gasteiger partial charge in [0, 0.05) is 5.56 Å². The fraction of sp³-hybridized carbons (Fsp3) is 0.0833.